The van der Waals surface area contributed by atoms with Crippen LogP contribution in [-0.2, 0) is 9.47 Å². The standard InChI is InChI=1S/C21H25N3O5/c1-26-18-4-3-16(12-19(18)27-2)23-20(25)15-11-17(14-22-13-15)24-7-5-21(6-8-24)28-9-10-29-21/h3-4,11-14H,5-10H2,1-2H3,(H,23,25). The van der Waals surface area contributed by atoms with Gasteiger partial charge in [0.1, 0.15) is 0 Å². The predicted octanol–water partition coefficient (Wildman–Crippen LogP) is 2.69. The number of aromatic nitrogens is 1. The number of piperidine rings is 1. The molecular formula is C21H25N3O5. The van der Waals surface area contributed by atoms with Crippen LogP contribution in [0.5, 0.6) is 11.5 Å². The summed E-state index contributed by atoms with van der Waals surface area (Å²) in [6.07, 6.45) is 4.94. The van der Waals surface area contributed by atoms with E-state index >= 15 is 0 Å². The monoisotopic (exact) mass is 399 g/mol. The molecule has 3 heterocycles. The lowest BCUT2D eigenvalue weighted by Crippen LogP contribution is -2.45. The molecule has 2 aliphatic heterocycles. The number of rotatable bonds is 5. The molecule has 1 aromatic carbocycles. The SMILES string of the molecule is COc1ccc(NC(=O)c2cncc(N3CCC4(CC3)OCCO4)c2)cc1OC. The zero-order valence-corrected chi connectivity index (χ0v) is 16.6. The number of pyridine rings is 1. The number of anilines is 2. The molecule has 4 rings (SSSR count). The third kappa shape index (κ3) is 4.13. The number of carbonyl (C=O) groups excluding carboxylic acids is 1. The number of nitrogens with one attached hydrogen (secondary N) is 1. The Labute approximate surface area is 169 Å². The average molecular weight is 399 g/mol. The van der Waals surface area contributed by atoms with Crippen LogP contribution < -0.4 is 19.7 Å². The maximum Gasteiger partial charge on any atom is 0.257 e. The van der Waals surface area contributed by atoms with Crippen LogP contribution in [0.2, 0.25) is 0 Å². The quantitative estimate of drug-likeness (QED) is 0.828. The highest BCUT2D eigenvalue weighted by Crippen LogP contribution is 2.33. The molecule has 8 nitrogen and oxygen atoms in total. The number of hydrogen-bond acceptors (Lipinski definition) is 7. The second kappa shape index (κ2) is 8.26. The Morgan fingerprint density at radius 3 is 2.48 bits per heavy atom. The average Bonchev–Trinajstić information content (AvgIpc) is 3.22. The van der Waals surface area contributed by atoms with Gasteiger partial charge in [-0.1, -0.05) is 0 Å². The highest BCUT2D eigenvalue weighted by atomic mass is 16.7. The number of carbonyl (C=O) groups is 1. The lowest BCUT2D eigenvalue weighted by molar-refractivity contribution is -0.169. The van der Waals surface area contributed by atoms with Gasteiger partial charge in [-0.25, -0.2) is 0 Å². The van der Waals surface area contributed by atoms with Crippen molar-refractivity contribution in [1.29, 1.82) is 0 Å². The van der Waals surface area contributed by atoms with E-state index < -0.39 is 5.79 Å². The summed E-state index contributed by atoms with van der Waals surface area (Å²) in [5, 5.41) is 2.88. The molecule has 0 unspecified atom stereocenters. The van der Waals surface area contributed by atoms with Gasteiger partial charge in [-0.2, -0.15) is 0 Å². The van der Waals surface area contributed by atoms with Gasteiger partial charge in [0, 0.05) is 43.9 Å². The van der Waals surface area contributed by atoms with Gasteiger partial charge < -0.3 is 29.2 Å². The predicted molar refractivity (Wildman–Crippen MR) is 108 cm³/mol. The summed E-state index contributed by atoms with van der Waals surface area (Å²) in [7, 11) is 3.13. The normalized spacial score (nSPS) is 17.9. The molecule has 1 amide bonds. The van der Waals surface area contributed by atoms with Gasteiger partial charge in [0.15, 0.2) is 17.3 Å². The molecule has 8 heteroatoms. The first-order valence-corrected chi connectivity index (χ1v) is 9.64. The van der Waals surface area contributed by atoms with E-state index in [0.717, 1.165) is 31.6 Å². The van der Waals surface area contributed by atoms with Crippen molar-refractivity contribution in [1.82, 2.24) is 4.98 Å². The second-order valence-corrected chi connectivity index (χ2v) is 7.05. The maximum atomic E-state index is 12.7. The molecule has 2 aliphatic rings. The Kier molecular flexibility index (Phi) is 5.55. The Morgan fingerprint density at radius 2 is 1.79 bits per heavy atom. The van der Waals surface area contributed by atoms with Gasteiger partial charge in [-0.05, 0) is 18.2 Å². The lowest BCUT2D eigenvalue weighted by atomic mass is 10.0. The number of hydrogen-bond donors (Lipinski definition) is 1. The van der Waals surface area contributed by atoms with E-state index in [2.05, 4.69) is 15.2 Å². The zero-order valence-electron chi connectivity index (χ0n) is 16.6. The van der Waals surface area contributed by atoms with E-state index in [1.54, 1.807) is 44.8 Å². The molecule has 29 heavy (non-hydrogen) atoms. The molecule has 2 aromatic rings. The number of nitrogens with zero attached hydrogens (tertiary/aromatic N) is 2. The van der Waals surface area contributed by atoms with E-state index in [9.17, 15) is 4.79 Å². The van der Waals surface area contributed by atoms with E-state index in [-0.39, 0.29) is 5.91 Å². The van der Waals surface area contributed by atoms with Crippen LogP contribution in [0.3, 0.4) is 0 Å². The first-order chi connectivity index (χ1) is 14.1. The molecule has 1 aromatic heterocycles. The minimum absolute atomic E-state index is 0.234. The van der Waals surface area contributed by atoms with Crippen LogP contribution in [0.1, 0.15) is 23.2 Å². The lowest BCUT2D eigenvalue weighted by Gasteiger charge is -2.38. The third-order valence-electron chi connectivity index (χ3n) is 5.33. The van der Waals surface area contributed by atoms with E-state index in [1.807, 2.05) is 6.07 Å². The van der Waals surface area contributed by atoms with Crippen LogP contribution >= 0.6 is 0 Å². The molecule has 0 atom stereocenters. The molecule has 1 N–H and O–H groups in total. The molecule has 0 saturated carbocycles. The van der Waals surface area contributed by atoms with Crippen molar-refractivity contribution >= 4 is 17.3 Å². The van der Waals surface area contributed by atoms with Crippen LogP contribution in [0.25, 0.3) is 0 Å². The number of amides is 1. The molecule has 0 bridgehead atoms. The smallest absolute Gasteiger partial charge is 0.257 e. The Bertz CT molecular complexity index is 872. The van der Waals surface area contributed by atoms with Crippen molar-refractivity contribution in [2.24, 2.45) is 0 Å². The Hall–Kier alpha value is -2.84. The summed E-state index contributed by atoms with van der Waals surface area (Å²) >= 11 is 0. The van der Waals surface area contributed by atoms with Gasteiger partial charge in [0.05, 0.1) is 44.9 Å². The first kappa shape index (κ1) is 19.5. The fourth-order valence-electron chi connectivity index (χ4n) is 3.73. The molecule has 2 saturated heterocycles. The van der Waals surface area contributed by atoms with E-state index in [4.69, 9.17) is 18.9 Å². The highest BCUT2D eigenvalue weighted by Gasteiger charge is 2.39. The first-order valence-electron chi connectivity index (χ1n) is 9.64. The Balaban J connectivity index is 1.44. The van der Waals surface area contributed by atoms with Crippen LogP contribution in [0, 0.1) is 0 Å². The second-order valence-electron chi connectivity index (χ2n) is 7.05. The van der Waals surface area contributed by atoms with Crippen molar-refractivity contribution in [2.75, 3.05) is 50.7 Å². The highest BCUT2D eigenvalue weighted by molar-refractivity contribution is 6.04. The molecule has 154 valence electrons. The zero-order chi connectivity index (χ0) is 20.3. The van der Waals surface area contributed by atoms with Crippen LogP contribution in [0.4, 0.5) is 11.4 Å². The fraction of sp³-hybridized carbons (Fsp3) is 0.429. The Morgan fingerprint density at radius 1 is 1.07 bits per heavy atom. The molecule has 0 radical (unpaired) electrons. The summed E-state index contributed by atoms with van der Waals surface area (Å²) in [6, 6.07) is 7.10. The van der Waals surface area contributed by atoms with Crippen LogP contribution in [0.15, 0.2) is 36.7 Å². The van der Waals surface area contributed by atoms with E-state index in [0.29, 0.717) is 36.0 Å². The number of benzene rings is 1. The molecule has 1 spiro atoms. The molecular weight excluding hydrogens is 374 g/mol. The summed E-state index contributed by atoms with van der Waals surface area (Å²) in [6.45, 7) is 2.91. The summed E-state index contributed by atoms with van der Waals surface area (Å²) in [4.78, 5) is 19.2. The van der Waals surface area contributed by atoms with Gasteiger partial charge in [-0.3, -0.25) is 9.78 Å². The molecule has 0 aliphatic carbocycles. The van der Waals surface area contributed by atoms with Crippen molar-refractivity contribution in [2.45, 2.75) is 18.6 Å². The van der Waals surface area contributed by atoms with Gasteiger partial charge in [0.25, 0.3) is 5.91 Å². The largest absolute Gasteiger partial charge is 0.493 e. The summed E-state index contributed by atoms with van der Waals surface area (Å²) in [5.41, 5.74) is 2.03. The number of methoxy groups -OCH3 is 2. The van der Waals surface area contributed by atoms with Gasteiger partial charge in [0.2, 0.25) is 0 Å². The van der Waals surface area contributed by atoms with Crippen molar-refractivity contribution in [3.8, 4) is 11.5 Å². The topological polar surface area (TPSA) is 82.2 Å². The summed E-state index contributed by atoms with van der Waals surface area (Å²) in [5.74, 6) is 0.498. The van der Waals surface area contributed by atoms with Gasteiger partial charge >= 0.3 is 0 Å². The van der Waals surface area contributed by atoms with Gasteiger partial charge in [-0.15, -0.1) is 0 Å². The minimum atomic E-state index is -0.424. The third-order valence-corrected chi connectivity index (χ3v) is 5.33. The van der Waals surface area contributed by atoms with E-state index in [1.165, 1.54) is 0 Å². The molecule has 2 fully saturated rings. The number of ether oxygens (including phenoxy) is 4. The van der Waals surface area contributed by atoms with Crippen molar-refractivity contribution < 1.29 is 23.7 Å². The maximum absolute atomic E-state index is 12.7. The van der Waals surface area contributed by atoms with Crippen molar-refractivity contribution in [3.63, 3.8) is 0 Å². The van der Waals surface area contributed by atoms with Crippen molar-refractivity contribution in [3.05, 3.63) is 42.2 Å². The van der Waals surface area contributed by atoms with Crippen LogP contribution in [-0.4, -0.2) is 57.2 Å². The summed E-state index contributed by atoms with van der Waals surface area (Å²) < 4.78 is 22.1. The fourth-order valence-corrected chi connectivity index (χ4v) is 3.73. The minimum Gasteiger partial charge on any atom is -0.493 e.